The normalized spacial score (nSPS) is 11.8. The van der Waals surface area contributed by atoms with Crippen molar-refractivity contribution in [2.45, 2.75) is 40.4 Å². The molecule has 0 unspecified atom stereocenters. The molecular formula is C31H32ClN3O7. The van der Waals surface area contributed by atoms with Gasteiger partial charge in [0.05, 0.1) is 25.0 Å². The molecule has 4 aromatic rings. The zero-order chi connectivity index (χ0) is 30.2. The van der Waals surface area contributed by atoms with Crippen LogP contribution in [0.1, 0.15) is 47.1 Å². The van der Waals surface area contributed by atoms with Gasteiger partial charge in [0, 0.05) is 17.1 Å². The number of carbonyl (C=O) groups excluding carboxylic acids is 2. The third-order valence-corrected chi connectivity index (χ3v) is 6.45. The number of nitrogens with one attached hydrogen (secondary N) is 1. The van der Waals surface area contributed by atoms with Gasteiger partial charge in [-0.25, -0.2) is 10.2 Å². The van der Waals surface area contributed by atoms with Gasteiger partial charge in [-0.1, -0.05) is 11.6 Å². The number of benzene rings is 2. The fourth-order valence-electron chi connectivity index (χ4n) is 4.15. The van der Waals surface area contributed by atoms with Crippen molar-refractivity contribution >= 4 is 29.7 Å². The molecule has 2 heterocycles. The molecule has 0 aliphatic heterocycles. The summed E-state index contributed by atoms with van der Waals surface area (Å²) >= 11 is 6.39. The van der Waals surface area contributed by atoms with Crippen LogP contribution in [-0.4, -0.2) is 42.5 Å². The predicted octanol–water partition coefficient (Wildman–Crippen LogP) is 6.02. The molecule has 11 heteroatoms. The number of furan rings is 1. The van der Waals surface area contributed by atoms with Gasteiger partial charge in [0.15, 0.2) is 23.4 Å². The minimum atomic E-state index is -0.890. The number of halogens is 1. The SMILES string of the molecule is CCOc1cc(/C=N/NC(=O)c2ccc(COc3ccc(-n4c(C)ccc4C)cc3)o2)cc(Cl)c1O[C@H](C)C(=O)OC. The van der Waals surface area contributed by atoms with Crippen LogP contribution in [0, 0.1) is 13.8 Å². The Hall–Kier alpha value is -4.70. The lowest BCUT2D eigenvalue weighted by Crippen LogP contribution is -2.25. The fraction of sp³-hybridized carbons (Fsp3) is 0.258. The number of nitrogens with zero attached hydrogens (tertiary/aromatic N) is 2. The summed E-state index contributed by atoms with van der Waals surface area (Å²) in [5.41, 5.74) is 6.31. The van der Waals surface area contributed by atoms with Crippen LogP contribution in [0.2, 0.25) is 5.02 Å². The van der Waals surface area contributed by atoms with Crippen LogP contribution in [0.4, 0.5) is 0 Å². The number of methoxy groups -OCH3 is 1. The number of rotatable bonds is 12. The topological polar surface area (TPSA) is 114 Å². The highest BCUT2D eigenvalue weighted by Gasteiger charge is 2.20. The van der Waals surface area contributed by atoms with E-state index in [9.17, 15) is 9.59 Å². The van der Waals surface area contributed by atoms with E-state index in [1.807, 2.05) is 24.3 Å². The molecule has 0 saturated heterocycles. The van der Waals surface area contributed by atoms with Gasteiger partial charge in [0.25, 0.3) is 0 Å². The molecule has 0 saturated carbocycles. The maximum Gasteiger partial charge on any atom is 0.346 e. The number of aryl methyl sites for hydroxylation is 2. The van der Waals surface area contributed by atoms with Crippen LogP contribution in [0.5, 0.6) is 17.2 Å². The van der Waals surface area contributed by atoms with Crippen LogP contribution in [0.25, 0.3) is 5.69 Å². The van der Waals surface area contributed by atoms with Gasteiger partial charge in [-0.2, -0.15) is 5.10 Å². The number of esters is 1. The summed E-state index contributed by atoms with van der Waals surface area (Å²) in [7, 11) is 1.27. The number of amides is 1. The summed E-state index contributed by atoms with van der Waals surface area (Å²) in [4.78, 5) is 24.3. The Morgan fingerprint density at radius 3 is 2.43 bits per heavy atom. The van der Waals surface area contributed by atoms with Gasteiger partial charge >= 0.3 is 11.9 Å². The maximum atomic E-state index is 12.6. The summed E-state index contributed by atoms with van der Waals surface area (Å²) in [6.45, 7) is 7.95. The zero-order valence-corrected chi connectivity index (χ0v) is 24.7. The first-order chi connectivity index (χ1) is 20.2. The van der Waals surface area contributed by atoms with E-state index >= 15 is 0 Å². The minimum Gasteiger partial charge on any atom is -0.490 e. The van der Waals surface area contributed by atoms with Crippen molar-refractivity contribution in [1.82, 2.24) is 9.99 Å². The Bertz CT molecular complexity index is 1550. The molecule has 42 heavy (non-hydrogen) atoms. The second kappa shape index (κ2) is 13.8. The fourth-order valence-corrected chi connectivity index (χ4v) is 4.41. The Kier molecular flexibility index (Phi) is 9.93. The Morgan fingerprint density at radius 1 is 1.05 bits per heavy atom. The Morgan fingerprint density at radius 2 is 1.76 bits per heavy atom. The van der Waals surface area contributed by atoms with E-state index in [0.717, 1.165) is 17.1 Å². The lowest BCUT2D eigenvalue weighted by Gasteiger charge is -2.17. The van der Waals surface area contributed by atoms with Crippen LogP contribution in [-0.2, 0) is 16.1 Å². The molecule has 0 spiro atoms. The van der Waals surface area contributed by atoms with Crippen molar-refractivity contribution < 1.29 is 33.0 Å². The number of hydrazone groups is 1. The summed E-state index contributed by atoms with van der Waals surface area (Å²) in [6, 6.07) is 18.3. The first-order valence-electron chi connectivity index (χ1n) is 13.2. The third-order valence-electron chi connectivity index (χ3n) is 6.17. The first kappa shape index (κ1) is 30.3. The quantitative estimate of drug-likeness (QED) is 0.121. The largest absolute Gasteiger partial charge is 0.490 e. The Balaban J connectivity index is 1.34. The maximum absolute atomic E-state index is 12.6. The number of carbonyl (C=O) groups is 2. The van der Waals surface area contributed by atoms with Crippen molar-refractivity contribution in [3.8, 4) is 22.9 Å². The minimum absolute atomic E-state index is 0.0771. The number of aromatic nitrogens is 1. The second-order valence-corrected chi connectivity index (χ2v) is 9.65. The Labute approximate surface area is 248 Å². The highest BCUT2D eigenvalue weighted by molar-refractivity contribution is 6.32. The first-order valence-corrected chi connectivity index (χ1v) is 13.6. The zero-order valence-electron chi connectivity index (χ0n) is 24.0. The average molecular weight is 594 g/mol. The number of ether oxygens (including phenoxy) is 4. The van der Waals surface area contributed by atoms with E-state index in [1.165, 1.54) is 13.3 Å². The smallest absolute Gasteiger partial charge is 0.346 e. The van der Waals surface area contributed by atoms with Crippen molar-refractivity contribution in [1.29, 1.82) is 0 Å². The highest BCUT2D eigenvalue weighted by atomic mass is 35.5. The van der Waals surface area contributed by atoms with Crippen molar-refractivity contribution in [2.75, 3.05) is 13.7 Å². The van der Waals surface area contributed by atoms with Gasteiger partial charge in [0.1, 0.15) is 18.1 Å². The molecule has 1 atom stereocenters. The molecule has 1 N–H and O–H groups in total. The third kappa shape index (κ3) is 7.32. The highest BCUT2D eigenvalue weighted by Crippen LogP contribution is 2.37. The molecule has 2 aromatic heterocycles. The number of hydrogen-bond donors (Lipinski definition) is 1. The molecule has 1 amide bonds. The monoisotopic (exact) mass is 593 g/mol. The van der Waals surface area contributed by atoms with Crippen LogP contribution in [0.15, 0.2) is 70.2 Å². The predicted molar refractivity (Wildman–Crippen MR) is 158 cm³/mol. The van der Waals surface area contributed by atoms with E-state index < -0.39 is 18.0 Å². The van der Waals surface area contributed by atoms with E-state index in [-0.39, 0.29) is 23.1 Å². The summed E-state index contributed by atoms with van der Waals surface area (Å²) < 4.78 is 29.6. The lowest BCUT2D eigenvalue weighted by molar-refractivity contribution is -0.147. The van der Waals surface area contributed by atoms with E-state index in [4.69, 9.17) is 35.0 Å². The van der Waals surface area contributed by atoms with Crippen molar-refractivity contribution in [3.05, 3.63) is 94.2 Å². The van der Waals surface area contributed by atoms with Crippen LogP contribution in [0.3, 0.4) is 0 Å². The lowest BCUT2D eigenvalue weighted by atomic mass is 10.2. The van der Waals surface area contributed by atoms with Gasteiger partial charge in [-0.15, -0.1) is 0 Å². The van der Waals surface area contributed by atoms with Crippen molar-refractivity contribution in [2.24, 2.45) is 5.10 Å². The van der Waals surface area contributed by atoms with E-state index in [1.54, 1.807) is 38.1 Å². The van der Waals surface area contributed by atoms with Crippen LogP contribution >= 0.6 is 11.6 Å². The molecular weight excluding hydrogens is 562 g/mol. The summed E-state index contributed by atoms with van der Waals surface area (Å²) in [5, 5.41) is 4.19. The average Bonchev–Trinajstić information content (AvgIpc) is 3.59. The van der Waals surface area contributed by atoms with E-state index in [0.29, 0.717) is 29.4 Å². The standard InChI is InChI=1S/C31H32ClN3O7/c1-6-39-28-16-22(15-26(32)29(28)41-21(4)31(37)38-5)17-33-34-30(36)27-14-13-25(42-27)18-40-24-11-9-23(10-12-24)35-19(2)7-8-20(35)3/h7-17,21H,6,18H2,1-5H3,(H,34,36)/b33-17+/t21-/m1/s1. The molecule has 0 bridgehead atoms. The molecule has 4 rings (SSSR count). The summed E-state index contributed by atoms with van der Waals surface area (Å²) in [6.07, 6.45) is 0.506. The van der Waals surface area contributed by atoms with Crippen LogP contribution < -0.4 is 19.6 Å². The molecule has 10 nitrogen and oxygen atoms in total. The molecule has 2 aromatic carbocycles. The second-order valence-electron chi connectivity index (χ2n) is 9.25. The molecule has 0 fully saturated rings. The van der Waals surface area contributed by atoms with Gasteiger partial charge < -0.3 is 27.9 Å². The number of hydrogen-bond acceptors (Lipinski definition) is 8. The molecule has 0 aliphatic carbocycles. The van der Waals surface area contributed by atoms with E-state index in [2.05, 4.69) is 41.1 Å². The molecule has 0 aliphatic rings. The van der Waals surface area contributed by atoms with Gasteiger partial charge in [0.2, 0.25) is 0 Å². The van der Waals surface area contributed by atoms with Gasteiger partial charge in [-0.3, -0.25) is 4.79 Å². The van der Waals surface area contributed by atoms with Gasteiger partial charge in [-0.05, 0) is 93.9 Å². The molecule has 220 valence electrons. The molecule has 0 radical (unpaired) electrons. The summed E-state index contributed by atoms with van der Waals surface area (Å²) in [5.74, 6) is 0.654. The van der Waals surface area contributed by atoms with Crippen molar-refractivity contribution in [3.63, 3.8) is 0 Å².